The van der Waals surface area contributed by atoms with Gasteiger partial charge in [0, 0.05) is 23.8 Å². The van der Waals surface area contributed by atoms with Crippen LogP contribution >= 0.6 is 15.9 Å². The number of rotatable bonds is 2. The molecule has 0 spiro atoms. The van der Waals surface area contributed by atoms with Crippen LogP contribution in [0.3, 0.4) is 0 Å². The maximum Gasteiger partial charge on any atom is 0.308 e. The number of carboxylic acids is 1. The monoisotopic (exact) mass is 312 g/mol. The van der Waals surface area contributed by atoms with E-state index in [0.29, 0.717) is 16.7 Å². The fourth-order valence-electron chi connectivity index (χ4n) is 2.15. The van der Waals surface area contributed by atoms with Crippen molar-refractivity contribution in [1.82, 2.24) is 9.88 Å². The highest BCUT2D eigenvalue weighted by Gasteiger charge is 2.37. The Hall–Kier alpha value is -1.43. The third kappa shape index (κ3) is 2.38. The highest BCUT2D eigenvalue weighted by molar-refractivity contribution is 9.10. The molecule has 0 bridgehead atoms. The van der Waals surface area contributed by atoms with Crippen LogP contribution < -0.4 is 0 Å². The molecule has 6 heteroatoms. The molecule has 1 N–H and O–H groups in total. The van der Waals surface area contributed by atoms with E-state index in [1.165, 1.54) is 0 Å². The maximum atomic E-state index is 12.2. The van der Waals surface area contributed by atoms with Crippen LogP contribution in [0, 0.1) is 11.8 Å². The second kappa shape index (κ2) is 5.06. The van der Waals surface area contributed by atoms with Crippen LogP contribution in [-0.2, 0) is 4.79 Å². The molecule has 1 fully saturated rings. The van der Waals surface area contributed by atoms with Crippen LogP contribution in [0.25, 0.3) is 0 Å². The normalized spacial score (nSPS) is 23.1. The Morgan fingerprint density at radius 1 is 1.50 bits per heavy atom. The second-order valence-corrected chi connectivity index (χ2v) is 5.32. The van der Waals surface area contributed by atoms with E-state index in [9.17, 15) is 9.59 Å². The minimum atomic E-state index is -0.849. The number of carboxylic acid groups (broad SMARTS) is 1. The lowest BCUT2D eigenvalue weighted by Gasteiger charge is -2.15. The zero-order chi connectivity index (χ0) is 13.3. The van der Waals surface area contributed by atoms with Crippen molar-refractivity contribution in [1.29, 1.82) is 0 Å². The topological polar surface area (TPSA) is 70.5 Å². The molecule has 1 amide bonds. The number of hydrogen-bond acceptors (Lipinski definition) is 3. The summed E-state index contributed by atoms with van der Waals surface area (Å²) in [5.74, 6) is -1.60. The average Bonchev–Trinajstić information content (AvgIpc) is 2.71. The first kappa shape index (κ1) is 13.0. The second-order valence-electron chi connectivity index (χ2n) is 4.47. The molecular formula is C12H13BrN2O3. The zero-order valence-corrected chi connectivity index (χ0v) is 11.4. The number of likely N-dealkylation sites (tertiary alicyclic amines) is 1. The number of carbonyl (C=O) groups is 2. The van der Waals surface area contributed by atoms with E-state index in [1.54, 1.807) is 23.2 Å². The lowest BCUT2D eigenvalue weighted by atomic mass is 9.99. The third-order valence-electron chi connectivity index (χ3n) is 3.18. The van der Waals surface area contributed by atoms with Gasteiger partial charge in [-0.3, -0.25) is 9.59 Å². The Morgan fingerprint density at radius 2 is 2.22 bits per heavy atom. The van der Waals surface area contributed by atoms with Gasteiger partial charge in [-0.2, -0.15) is 0 Å². The Balaban J connectivity index is 2.17. The number of pyridine rings is 1. The summed E-state index contributed by atoms with van der Waals surface area (Å²) in [7, 11) is 0. The Labute approximate surface area is 113 Å². The molecule has 0 unspecified atom stereocenters. The van der Waals surface area contributed by atoms with Crippen molar-refractivity contribution in [2.75, 3.05) is 13.1 Å². The number of aromatic nitrogens is 1. The maximum absolute atomic E-state index is 12.2. The molecule has 0 radical (unpaired) electrons. The minimum absolute atomic E-state index is 0.0334. The highest BCUT2D eigenvalue weighted by Crippen LogP contribution is 2.25. The van der Waals surface area contributed by atoms with Crippen molar-refractivity contribution in [2.24, 2.45) is 11.8 Å². The van der Waals surface area contributed by atoms with Gasteiger partial charge in [-0.1, -0.05) is 6.92 Å². The van der Waals surface area contributed by atoms with Crippen molar-refractivity contribution < 1.29 is 14.7 Å². The third-order valence-corrected chi connectivity index (χ3v) is 3.82. The molecule has 96 valence electrons. The van der Waals surface area contributed by atoms with Gasteiger partial charge in [0.15, 0.2) is 0 Å². The molecule has 1 saturated heterocycles. The van der Waals surface area contributed by atoms with Gasteiger partial charge in [0.1, 0.15) is 5.69 Å². The quantitative estimate of drug-likeness (QED) is 0.901. The van der Waals surface area contributed by atoms with E-state index in [4.69, 9.17) is 5.11 Å². The average molecular weight is 313 g/mol. The van der Waals surface area contributed by atoms with Crippen molar-refractivity contribution in [3.05, 3.63) is 28.5 Å². The number of amides is 1. The SMILES string of the molecule is C[C@@H]1CN(C(=O)c2ncccc2Br)C[C@H]1C(=O)O. The molecule has 0 aromatic carbocycles. The molecular weight excluding hydrogens is 300 g/mol. The van der Waals surface area contributed by atoms with Crippen molar-refractivity contribution in [3.8, 4) is 0 Å². The zero-order valence-electron chi connectivity index (χ0n) is 9.84. The van der Waals surface area contributed by atoms with E-state index >= 15 is 0 Å². The van der Waals surface area contributed by atoms with Gasteiger partial charge in [-0.15, -0.1) is 0 Å². The summed E-state index contributed by atoms with van der Waals surface area (Å²) < 4.78 is 0.626. The lowest BCUT2D eigenvalue weighted by molar-refractivity contribution is -0.142. The summed E-state index contributed by atoms with van der Waals surface area (Å²) in [5, 5.41) is 9.05. The number of halogens is 1. The number of carbonyl (C=O) groups excluding carboxylic acids is 1. The fourth-order valence-corrected chi connectivity index (χ4v) is 2.57. The fraction of sp³-hybridized carbons (Fsp3) is 0.417. The molecule has 1 aromatic heterocycles. The van der Waals surface area contributed by atoms with Gasteiger partial charge >= 0.3 is 5.97 Å². The summed E-state index contributed by atoms with van der Waals surface area (Å²) in [6, 6.07) is 3.47. The summed E-state index contributed by atoms with van der Waals surface area (Å²) in [4.78, 5) is 28.8. The first-order chi connectivity index (χ1) is 8.50. The standard InChI is InChI=1S/C12H13BrN2O3/c1-7-5-15(6-8(7)12(17)18)11(16)10-9(13)3-2-4-14-10/h2-4,7-8H,5-6H2,1H3,(H,17,18)/t7-,8-/m1/s1. The van der Waals surface area contributed by atoms with Crippen LogP contribution in [0.5, 0.6) is 0 Å². The van der Waals surface area contributed by atoms with Crippen LogP contribution in [0.1, 0.15) is 17.4 Å². The lowest BCUT2D eigenvalue weighted by Crippen LogP contribution is -2.30. The van der Waals surface area contributed by atoms with Gasteiger partial charge in [0.2, 0.25) is 0 Å². The van der Waals surface area contributed by atoms with Gasteiger partial charge < -0.3 is 10.0 Å². The predicted molar refractivity (Wildman–Crippen MR) is 68.1 cm³/mol. The summed E-state index contributed by atoms with van der Waals surface area (Å²) in [5.41, 5.74) is 0.329. The summed E-state index contributed by atoms with van der Waals surface area (Å²) in [6.45, 7) is 2.55. The molecule has 1 aliphatic heterocycles. The Bertz CT molecular complexity index is 492. The minimum Gasteiger partial charge on any atom is -0.481 e. The molecule has 2 rings (SSSR count). The van der Waals surface area contributed by atoms with E-state index in [2.05, 4.69) is 20.9 Å². The van der Waals surface area contributed by atoms with E-state index < -0.39 is 11.9 Å². The van der Waals surface area contributed by atoms with Crippen LogP contribution in [-0.4, -0.2) is 40.0 Å². The Morgan fingerprint density at radius 3 is 2.78 bits per heavy atom. The molecule has 2 heterocycles. The smallest absolute Gasteiger partial charge is 0.308 e. The largest absolute Gasteiger partial charge is 0.481 e. The van der Waals surface area contributed by atoms with Gasteiger partial charge in [-0.25, -0.2) is 4.98 Å². The van der Waals surface area contributed by atoms with Gasteiger partial charge in [0.25, 0.3) is 5.91 Å². The first-order valence-corrected chi connectivity index (χ1v) is 6.42. The van der Waals surface area contributed by atoms with E-state index in [0.717, 1.165) is 0 Å². The van der Waals surface area contributed by atoms with Crippen molar-refractivity contribution >= 4 is 27.8 Å². The molecule has 0 saturated carbocycles. The van der Waals surface area contributed by atoms with E-state index in [1.807, 2.05) is 6.92 Å². The summed E-state index contributed by atoms with van der Waals surface area (Å²) in [6.07, 6.45) is 1.55. The molecule has 1 aromatic rings. The van der Waals surface area contributed by atoms with Crippen molar-refractivity contribution in [3.63, 3.8) is 0 Å². The predicted octanol–water partition coefficient (Wildman–Crippen LogP) is 1.64. The number of nitrogens with zero attached hydrogens (tertiary/aromatic N) is 2. The highest BCUT2D eigenvalue weighted by atomic mass is 79.9. The summed E-state index contributed by atoms with van der Waals surface area (Å²) >= 11 is 3.28. The molecule has 0 aliphatic carbocycles. The van der Waals surface area contributed by atoms with Crippen LogP contribution in [0.2, 0.25) is 0 Å². The van der Waals surface area contributed by atoms with Gasteiger partial charge in [-0.05, 0) is 34.0 Å². The van der Waals surface area contributed by atoms with Crippen LogP contribution in [0.4, 0.5) is 0 Å². The van der Waals surface area contributed by atoms with Gasteiger partial charge in [0.05, 0.1) is 5.92 Å². The van der Waals surface area contributed by atoms with E-state index in [-0.39, 0.29) is 18.4 Å². The molecule has 18 heavy (non-hydrogen) atoms. The molecule has 5 nitrogen and oxygen atoms in total. The number of hydrogen-bond donors (Lipinski definition) is 1. The number of aliphatic carboxylic acids is 1. The van der Waals surface area contributed by atoms with Crippen LogP contribution in [0.15, 0.2) is 22.8 Å². The Kier molecular flexibility index (Phi) is 3.65. The van der Waals surface area contributed by atoms with Crippen molar-refractivity contribution in [2.45, 2.75) is 6.92 Å². The first-order valence-electron chi connectivity index (χ1n) is 5.63. The molecule has 2 atom stereocenters. The molecule has 1 aliphatic rings.